The van der Waals surface area contributed by atoms with Crippen molar-refractivity contribution >= 4 is 0 Å². The number of hydrogen-bond donors (Lipinski definition) is 1. The Morgan fingerprint density at radius 1 is 1.28 bits per heavy atom. The summed E-state index contributed by atoms with van der Waals surface area (Å²) in [4.78, 5) is 0. The average molecular weight is 248 g/mol. The first-order valence-corrected chi connectivity index (χ1v) is 7.42. The van der Waals surface area contributed by atoms with Crippen molar-refractivity contribution in [3.05, 3.63) is 23.0 Å². The average Bonchev–Trinajstić information content (AvgIpc) is 2.85. The van der Waals surface area contributed by atoms with Crippen LogP contribution in [0.3, 0.4) is 0 Å². The highest BCUT2D eigenvalue weighted by atomic mass is 15.0. The summed E-state index contributed by atoms with van der Waals surface area (Å²) >= 11 is 0. The molecule has 2 nitrogen and oxygen atoms in total. The molecule has 0 radical (unpaired) electrons. The van der Waals surface area contributed by atoms with Crippen molar-refractivity contribution in [1.29, 1.82) is 0 Å². The van der Waals surface area contributed by atoms with Gasteiger partial charge in [-0.2, -0.15) is 0 Å². The van der Waals surface area contributed by atoms with Crippen LogP contribution in [0.5, 0.6) is 0 Å². The third-order valence-corrected chi connectivity index (χ3v) is 4.67. The minimum atomic E-state index is 0.552. The molecule has 1 aromatic heterocycles. The molecule has 0 bridgehead atoms. The summed E-state index contributed by atoms with van der Waals surface area (Å²) in [7, 11) is 0. The molecule has 1 aliphatic carbocycles. The Morgan fingerprint density at radius 3 is 2.50 bits per heavy atom. The molecule has 1 fully saturated rings. The lowest BCUT2D eigenvalue weighted by Gasteiger charge is -2.23. The molecule has 2 rings (SSSR count). The molecule has 0 atom stereocenters. The van der Waals surface area contributed by atoms with Gasteiger partial charge in [-0.1, -0.05) is 19.8 Å². The maximum atomic E-state index is 3.68. The molecule has 18 heavy (non-hydrogen) atoms. The van der Waals surface area contributed by atoms with Crippen molar-refractivity contribution < 1.29 is 0 Å². The molecule has 0 amide bonds. The lowest BCUT2D eigenvalue weighted by molar-refractivity contribution is 0.314. The van der Waals surface area contributed by atoms with E-state index < -0.39 is 0 Å². The van der Waals surface area contributed by atoms with Crippen LogP contribution in [0.2, 0.25) is 0 Å². The molecule has 102 valence electrons. The van der Waals surface area contributed by atoms with E-state index in [0.717, 1.165) is 13.1 Å². The van der Waals surface area contributed by atoms with Gasteiger partial charge in [0.2, 0.25) is 0 Å². The van der Waals surface area contributed by atoms with Gasteiger partial charge in [0.05, 0.1) is 0 Å². The van der Waals surface area contributed by atoms with Gasteiger partial charge in [-0.25, -0.2) is 0 Å². The van der Waals surface area contributed by atoms with E-state index in [1.54, 1.807) is 0 Å². The Morgan fingerprint density at radius 2 is 1.94 bits per heavy atom. The largest absolute Gasteiger partial charge is 0.349 e. The van der Waals surface area contributed by atoms with Crippen LogP contribution < -0.4 is 5.32 Å². The summed E-state index contributed by atoms with van der Waals surface area (Å²) in [6.45, 7) is 12.4. The van der Waals surface area contributed by atoms with Crippen molar-refractivity contribution in [3.63, 3.8) is 0 Å². The topological polar surface area (TPSA) is 17.0 Å². The maximum absolute atomic E-state index is 3.68. The zero-order valence-corrected chi connectivity index (χ0v) is 12.5. The molecule has 0 spiro atoms. The SMILES string of the molecule is CCn1c(C)cc(CNCC2(C)CCCC2)c1C. The second-order valence-corrected chi connectivity index (χ2v) is 6.26. The molecule has 0 aromatic carbocycles. The third-order valence-electron chi connectivity index (χ3n) is 4.67. The van der Waals surface area contributed by atoms with Crippen LogP contribution in [0.4, 0.5) is 0 Å². The highest BCUT2D eigenvalue weighted by molar-refractivity contribution is 5.26. The zero-order chi connectivity index (χ0) is 13.2. The lowest BCUT2D eigenvalue weighted by Crippen LogP contribution is -2.29. The third kappa shape index (κ3) is 2.80. The first-order chi connectivity index (χ1) is 8.56. The predicted octanol–water partition coefficient (Wildman–Crippen LogP) is 3.79. The van der Waals surface area contributed by atoms with Gasteiger partial charge in [0.1, 0.15) is 0 Å². The van der Waals surface area contributed by atoms with Crippen molar-refractivity contribution in [2.75, 3.05) is 6.54 Å². The molecular weight excluding hydrogens is 220 g/mol. The Labute approximate surface area is 112 Å². The summed E-state index contributed by atoms with van der Waals surface area (Å²) in [6.07, 6.45) is 5.63. The van der Waals surface area contributed by atoms with Crippen LogP contribution >= 0.6 is 0 Å². The monoisotopic (exact) mass is 248 g/mol. The van der Waals surface area contributed by atoms with E-state index in [4.69, 9.17) is 0 Å². The second-order valence-electron chi connectivity index (χ2n) is 6.26. The van der Waals surface area contributed by atoms with Gasteiger partial charge in [-0.15, -0.1) is 0 Å². The quantitative estimate of drug-likeness (QED) is 0.839. The Kier molecular flexibility index (Phi) is 4.16. The van der Waals surface area contributed by atoms with Gasteiger partial charge in [0, 0.05) is 31.0 Å². The predicted molar refractivity (Wildman–Crippen MR) is 77.9 cm³/mol. The van der Waals surface area contributed by atoms with E-state index >= 15 is 0 Å². The molecule has 1 N–H and O–H groups in total. The van der Waals surface area contributed by atoms with E-state index in [1.165, 1.54) is 49.2 Å². The number of rotatable bonds is 5. The van der Waals surface area contributed by atoms with Crippen LogP contribution in [0.25, 0.3) is 0 Å². The van der Waals surface area contributed by atoms with Gasteiger partial charge in [-0.3, -0.25) is 0 Å². The standard InChI is InChI=1S/C16H28N2/c1-5-18-13(2)10-15(14(18)3)11-17-12-16(4)8-6-7-9-16/h10,17H,5-9,11-12H2,1-4H3. The van der Waals surface area contributed by atoms with Crippen molar-refractivity contribution in [2.45, 2.75) is 66.5 Å². The molecule has 2 heteroatoms. The summed E-state index contributed by atoms with van der Waals surface area (Å²) < 4.78 is 2.40. The molecule has 1 aromatic rings. The first kappa shape index (κ1) is 13.7. The number of hydrogen-bond acceptors (Lipinski definition) is 1. The van der Waals surface area contributed by atoms with Gasteiger partial charge in [0.15, 0.2) is 0 Å². The second kappa shape index (κ2) is 5.48. The van der Waals surface area contributed by atoms with Crippen molar-refractivity contribution in [3.8, 4) is 0 Å². The van der Waals surface area contributed by atoms with E-state index in [0.29, 0.717) is 5.41 Å². The highest BCUT2D eigenvalue weighted by Crippen LogP contribution is 2.36. The minimum Gasteiger partial charge on any atom is -0.349 e. The number of aromatic nitrogens is 1. The van der Waals surface area contributed by atoms with E-state index in [1.807, 2.05) is 0 Å². The Bertz CT molecular complexity index is 397. The van der Waals surface area contributed by atoms with Crippen molar-refractivity contribution in [1.82, 2.24) is 9.88 Å². The fourth-order valence-corrected chi connectivity index (χ4v) is 3.44. The number of nitrogens with one attached hydrogen (secondary N) is 1. The van der Waals surface area contributed by atoms with E-state index in [2.05, 4.69) is 43.6 Å². The first-order valence-electron chi connectivity index (χ1n) is 7.42. The summed E-state index contributed by atoms with van der Waals surface area (Å²) in [5, 5.41) is 3.68. The van der Waals surface area contributed by atoms with Gasteiger partial charge in [0.25, 0.3) is 0 Å². The van der Waals surface area contributed by atoms with Gasteiger partial charge < -0.3 is 9.88 Å². The van der Waals surface area contributed by atoms with Crippen molar-refractivity contribution in [2.24, 2.45) is 5.41 Å². The number of aryl methyl sites for hydroxylation is 1. The lowest BCUT2D eigenvalue weighted by atomic mass is 9.89. The molecule has 1 heterocycles. The van der Waals surface area contributed by atoms with E-state index in [-0.39, 0.29) is 0 Å². The molecular formula is C16H28N2. The zero-order valence-electron chi connectivity index (χ0n) is 12.5. The highest BCUT2D eigenvalue weighted by Gasteiger charge is 2.27. The summed E-state index contributed by atoms with van der Waals surface area (Å²) in [5.74, 6) is 0. The van der Waals surface area contributed by atoms with Crippen LogP contribution in [0.1, 0.15) is 56.5 Å². The fraction of sp³-hybridized carbons (Fsp3) is 0.750. The Balaban J connectivity index is 1.90. The van der Waals surface area contributed by atoms with Crippen LogP contribution in [-0.2, 0) is 13.1 Å². The molecule has 1 aliphatic rings. The summed E-state index contributed by atoms with van der Waals surface area (Å²) in [5.41, 5.74) is 4.84. The van der Waals surface area contributed by atoms with Gasteiger partial charge in [-0.05, 0) is 50.7 Å². The Hall–Kier alpha value is -0.760. The van der Waals surface area contributed by atoms with Gasteiger partial charge >= 0.3 is 0 Å². The molecule has 0 aliphatic heterocycles. The van der Waals surface area contributed by atoms with Crippen LogP contribution in [-0.4, -0.2) is 11.1 Å². The minimum absolute atomic E-state index is 0.552. The maximum Gasteiger partial charge on any atom is 0.0223 e. The van der Waals surface area contributed by atoms with Crippen LogP contribution in [0.15, 0.2) is 6.07 Å². The molecule has 0 unspecified atom stereocenters. The molecule has 0 saturated heterocycles. The smallest absolute Gasteiger partial charge is 0.0223 e. The summed E-state index contributed by atoms with van der Waals surface area (Å²) in [6, 6.07) is 2.34. The normalized spacial score (nSPS) is 18.4. The number of nitrogens with zero attached hydrogens (tertiary/aromatic N) is 1. The van der Waals surface area contributed by atoms with Crippen LogP contribution in [0, 0.1) is 19.3 Å². The molecule has 1 saturated carbocycles. The van der Waals surface area contributed by atoms with E-state index in [9.17, 15) is 0 Å². The fourth-order valence-electron chi connectivity index (χ4n) is 3.44.